The first-order chi connectivity index (χ1) is 11.9. The molecule has 2 N–H and O–H groups in total. The van der Waals surface area contributed by atoms with Gasteiger partial charge < -0.3 is 9.47 Å². The topological polar surface area (TPSA) is 76.7 Å². The van der Waals surface area contributed by atoms with Crippen LogP contribution >= 0.6 is 11.6 Å². The van der Waals surface area contributed by atoms with Crippen LogP contribution in [0.3, 0.4) is 0 Å². The molecule has 2 amide bonds. The molecular formula is C18H19ClN2O4. The zero-order valence-corrected chi connectivity index (χ0v) is 14.9. The molecule has 0 saturated heterocycles. The average molecular weight is 363 g/mol. The highest BCUT2D eigenvalue weighted by molar-refractivity contribution is 6.31. The largest absolute Gasteiger partial charge is 0.496 e. The van der Waals surface area contributed by atoms with Crippen molar-refractivity contribution in [2.75, 3.05) is 13.7 Å². The Morgan fingerprint density at radius 3 is 2.52 bits per heavy atom. The Balaban J connectivity index is 1.90. The quantitative estimate of drug-likeness (QED) is 0.802. The number of hydrogen-bond acceptors (Lipinski definition) is 4. The van der Waals surface area contributed by atoms with Crippen LogP contribution in [0.4, 0.5) is 0 Å². The summed E-state index contributed by atoms with van der Waals surface area (Å²) in [7, 11) is 1.44. The van der Waals surface area contributed by atoms with Gasteiger partial charge in [0.1, 0.15) is 11.5 Å². The third kappa shape index (κ3) is 5.12. The molecule has 0 aliphatic rings. The summed E-state index contributed by atoms with van der Waals surface area (Å²) in [5, 5.41) is 0.385. The van der Waals surface area contributed by atoms with Crippen molar-refractivity contribution in [1.82, 2.24) is 10.9 Å². The molecule has 0 unspecified atom stereocenters. The van der Waals surface area contributed by atoms with E-state index in [1.807, 2.05) is 32.0 Å². The van der Waals surface area contributed by atoms with Gasteiger partial charge in [0.05, 0.1) is 12.7 Å². The number of aryl methyl sites for hydroxylation is 2. The van der Waals surface area contributed by atoms with Crippen LogP contribution in [-0.4, -0.2) is 25.5 Å². The lowest BCUT2D eigenvalue weighted by Crippen LogP contribution is -2.44. The molecule has 0 bridgehead atoms. The summed E-state index contributed by atoms with van der Waals surface area (Å²) in [6.45, 7) is 3.60. The van der Waals surface area contributed by atoms with Gasteiger partial charge in [-0.15, -0.1) is 0 Å². The Labute approximate surface area is 151 Å². The first kappa shape index (κ1) is 18.6. The molecule has 0 heterocycles. The van der Waals surface area contributed by atoms with Gasteiger partial charge in [-0.25, -0.2) is 0 Å². The third-order valence-corrected chi connectivity index (χ3v) is 3.66. The molecule has 0 radical (unpaired) electrons. The lowest BCUT2D eigenvalue weighted by atomic mass is 10.1. The average Bonchev–Trinajstić information content (AvgIpc) is 2.60. The first-order valence-corrected chi connectivity index (χ1v) is 7.91. The van der Waals surface area contributed by atoms with E-state index >= 15 is 0 Å². The predicted molar refractivity (Wildman–Crippen MR) is 95.0 cm³/mol. The van der Waals surface area contributed by atoms with E-state index in [1.54, 1.807) is 12.1 Å². The van der Waals surface area contributed by atoms with E-state index in [-0.39, 0.29) is 12.2 Å². The zero-order chi connectivity index (χ0) is 18.4. The van der Waals surface area contributed by atoms with E-state index in [9.17, 15) is 9.59 Å². The molecule has 2 rings (SSSR count). The van der Waals surface area contributed by atoms with Gasteiger partial charge in [-0.2, -0.15) is 0 Å². The van der Waals surface area contributed by atoms with Gasteiger partial charge in [-0.1, -0.05) is 23.7 Å². The molecule has 25 heavy (non-hydrogen) atoms. The second-order valence-corrected chi connectivity index (χ2v) is 5.84. The summed E-state index contributed by atoms with van der Waals surface area (Å²) in [6.07, 6.45) is 0. The van der Waals surface area contributed by atoms with E-state index in [2.05, 4.69) is 10.9 Å². The number of nitrogens with one attached hydrogen (secondary N) is 2. The summed E-state index contributed by atoms with van der Waals surface area (Å²) >= 11 is 5.88. The highest BCUT2D eigenvalue weighted by Gasteiger charge is 2.14. The van der Waals surface area contributed by atoms with Gasteiger partial charge in [0, 0.05) is 5.02 Å². The van der Waals surface area contributed by atoms with Gasteiger partial charge >= 0.3 is 0 Å². The monoisotopic (exact) mass is 362 g/mol. The van der Waals surface area contributed by atoms with Gasteiger partial charge in [0.25, 0.3) is 11.8 Å². The Kier molecular flexibility index (Phi) is 6.25. The van der Waals surface area contributed by atoms with Crippen LogP contribution in [-0.2, 0) is 4.79 Å². The number of carbonyl (C=O) groups is 2. The van der Waals surface area contributed by atoms with E-state index < -0.39 is 11.8 Å². The van der Waals surface area contributed by atoms with Crippen LogP contribution in [0.5, 0.6) is 11.5 Å². The molecule has 7 heteroatoms. The molecular weight excluding hydrogens is 344 g/mol. The number of amides is 2. The number of halogens is 1. The minimum Gasteiger partial charge on any atom is -0.496 e. The van der Waals surface area contributed by atoms with Crippen molar-refractivity contribution >= 4 is 23.4 Å². The SMILES string of the molecule is COc1ccc(Cl)cc1C(=O)NNC(=O)COc1cc(C)ccc1C. The fraction of sp³-hybridized carbons (Fsp3) is 0.222. The van der Waals surface area contributed by atoms with Crippen molar-refractivity contribution in [3.05, 3.63) is 58.1 Å². The van der Waals surface area contributed by atoms with E-state index in [0.29, 0.717) is 16.5 Å². The molecule has 0 saturated carbocycles. The van der Waals surface area contributed by atoms with Gasteiger partial charge in [-0.3, -0.25) is 20.4 Å². The first-order valence-electron chi connectivity index (χ1n) is 7.53. The molecule has 2 aromatic carbocycles. The van der Waals surface area contributed by atoms with Crippen LogP contribution in [0.25, 0.3) is 0 Å². The number of methoxy groups -OCH3 is 1. The lowest BCUT2D eigenvalue weighted by molar-refractivity contribution is -0.123. The normalized spacial score (nSPS) is 10.1. The highest BCUT2D eigenvalue weighted by Crippen LogP contribution is 2.22. The molecule has 0 spiro atoms. The van der Waals surface area contributed by atoms with Gasteiger partial charge in [0.2, 0.25) is 0 Å². The van der Waals surface area contributed by atoms with E-state index in [4.69, 9.17) is 21.1 Å². The van der Waals surface area contributed by atoms with E-state index in [0.717, 1.165) is 11.1 Å². The number of benzene rings is 2. The molecule has 0 fully saturated rings. The zero-order valence-electron chi connectivity index (χ0n) is 14.2. The van der Waals surface area contributed by atoms with Crippen LogP contribution in [0.1, 0.15) is 21.5 Å². The lowest BCUT2D eigenvalue weighted by Gasteiger charge is -2.12. The van der Waals surface area contributed by atoms with Crippen molar-refractivity contribution in [2.45, 2.75) is 13.8 Å². The molecule has 132 valence electrons. The minimum absolute atomic E-state index is 0.214. The molecule has 2 aromatic rings. The number of ether oxygens (including phenoxy) is 2. The third-order valence-electron chi connectivity index (χ3n) is 3.42. The number of hydrazine groups is 1. The second kappa shape index (κ2) is 8.39. The Hall–Kier alpha value is -2.73. The van der Waals surface area contributed by atoms with Crippen molar-refractivity contribution in [3.8, 4) is 11.5 Å². The minimum atomic E-state index is -0.542. The summed E-state index contributed by atoms with van der Waals surface area (Å²) in [6, 6.07) is 10.3. The maximum absolute atomic E-state index is 12.1. The summed E-state index contributed by atoms with van der Waals surface area (Å²) in [5.74, 6) is -0.0598. The fourth-order valence-electron chi connectivity index (χ4n) is 2.09. The molecule has 0 atom stereocenters. The van der Waals surface area contributed by atoms with E-state index in [1.165, 1.54) is 13.2 Å². The van der Waals surface area contributed by atoms with Crippen molar-refractivity contribution < 1.29 is 19.1 Å². The maximum Gasteiger partial charge on any atom is 0.276 e. The van der Waals surface area contributed by atoms with Crippen molar-refractivity contribution in [2.24, 2.45) is 0 Å². The smallest absolute Gasteiger partial charge is 0.276 e. The standard InChI is InChI=1S/C18H19ClN2O4/c1-11-4-5-12(2)16(8-11)25-10-17(22)20-21-18(23)14-9-13(19)6-7-15(14)24-3/h4-9H,10H2,1-3H3,(H,20,22)(H,21,23). The fourth-order valence-corrected chi connectivity index (χ4v) is 2.27. The van der Waals surface area contributed by atoms with Crippen LogP contribution in [0.15, 0.2) is 36.4 Å². The van der Waals surface area contributed by atoms with Crippen molar-refractivity contribution in [1.29, 1.82) is 0 Å². The molecule has 0 aromatic heterocycles. The molecule has 6 nitrogen and oxygen atoms in total. The predicted octanol–water partition coefficient (Wildman–Crippen LogP) is 2.81. The van der Waals surface area contributed by atoms with Crippen LogP contribution in [0.2, 0.25) is 5.02 Å². The summed E-state index contributed by atoms with van der Waals surface area (Å²) < 4.78 is 10.6. The summed E-state index contributed by atoms with van der Waals surface area (Å²) in [4.78, 5) is 24.0. The maximum atomic E-state index is 12.1. The number of carbonyl (C=O) groups excluding carboxylic acids is 2. The number of hydrogen-bond donors (Lipinski definition) is 2. The Bertz CT molecular complexity index is 793. The highest BCUT2D eigenvalue weighted by atomic mass is 35.5. The van der Waals surface area contributed by atoms with Gasteiger partial charge in [-0.05, 0) is 49.2 Å². The van der Waals surface area contributed by atoms with Crippen molar-refractivity contribution in [3.63, 3.8) is 0 Å². The van der Waals surface area contributed by atoms with Gasteiger partial charge in [0.15, 0.2) is 6.61 Å². The Morgan fingerprint density at radius 2 is 1.80 bits per heavy atom. The Morgan fingerprint density at radius 1 is 1.04 bits per heavy atom. The number of rotatable bonds is 5. The summed E-state index contributed by atoms with van der Waals surface area (Å²) in [5.41, 5.74) is 6.77. The second-order valence-electron chi connectivity index (χ2n) is 5.40. The molecule has 0 aliphatic carbocycles. The van der Waals surface area contributed by atoms with Crippen LogP contribution in [0, 0.1) is 13.8 Å². The van der Waals surface area contributed by atoms with Crippen LogP contribution < -0.4 is 20.3 Å². The molecule has 0 aliphatic heterocycles.